The minimum atomic E-state index is -0.844. The molecule has 1 fully saturated rings. The Morgan fingerprint density at radius 3 is 1.50 bits per heavy atom. The first-order valence-electron chi connectivity index (χ1n) is 3.50. The molecule has 0 aromatic carbocycles. The van der Waals surface area contributed by atoms with Gasteiger partial charge in [-0.3, -0.25) is 0 Å². The van der Waals surface area contributed by atoms with E-state index in [1.807, 2.05) is 0 Å². The third kappa shape index (κ3) is 1.29. The zero-order valence-electron chi connectivity index (χ0n) is 5.77. The van der Waals surface area contributed by atoms with Gasteiger partial charge in [0.1, 0.15) is 0 Å². The highest BCUT2D eigenvalue weighted by Gasteiger charge is 2.33. The number of hydrogen-bond acceptors (Lipinski definition) is 4. The lowest BCUT2D eigenvalue weighted by Crippen LogP contribution is -2.55. The molecule has 4 nitrogen and oxygen atoms in total. The molecule has 0 radical (unpaired) electrons. The van der Waals surface area contributed by atoms with Crippen LogP contribution in [0.2, 0.25) is 0 Å². The maximum atomic E-state index is 9.16. The van der Waals surface area contributed by atoms with E-state index in [2.05, 4.69) is 0 Å². The molecule has 0 aliphatic heterocycles. The molecule has 1 aliphatic carbocycles. The third-order valence-electron chi connectivity index (χ3n) is 2.06. The fourth-order valence-electron chi connectivity index (χ4n) is 1.23. The van der Waals surface area contributed by atoms with Gasteiger partial charge in [-0.05, 0) is 12.8 Å². The lowest BCUT2D eigenvalue weighted by atomic mass is 9.87. The molecule has 0 bridgehead atoms. The summed E-state index contributed by atoms with van der Waals surface area (Å²) in [6.45, 7) is 0. The zero-order valence-corrected chi connectivity index (χ0v) is 5.77. The van der Waals surface area contributed by atoms with E-state index < -0.39 is 12.2 Å². The third-order valence-corrected chi connectivity index (χ3v) is 2.06. The Morgan fingerprint density at radius 2 is 1.20 bits per heavy atom. The van der Waals surface area contributed by atoms with Crippen LogP contribution in [0.4, 0.5) is 0 Å². The van der Waals surface area contributed by atoms with Crippen LogP contribution in [0, 0.1) is 0 Å². The van der Waals surface area contributed by atoms with Crippen molar-refractivity contribution in [2.24, 2.45) is 11.5 Å². The predicted octanol–water partition coefficient (Wildman–Crippen LogP) is -1.84. The maximum absolute atomic E-state index is 9.16. The quantitative estimate of drug-likeness (QED) is 0.323. The maximum Gasteiger partial charge on any atom is 0.0964 e. The molecule has 1 rings (SSSR count). The summed E-state index contributed by atoms with van der Waals surface area (Å²) in [4.78, 5) is 0. The van der Waals surface area contributed by atoms with E-state index in [9.17, 15) is 0 Å². The molecular formula is C6H14N2O2. The monoisotopic (exact) mass is 146 g/mol. The summed E-state index contributed by atoms with van der Waals surface area (Å²) >= 11 is 0. The van der Waals surface area contributed by atoms with Gasteiger partial charge in [0.05, 0.1) is 12.2 Å². The van der Waals surface area contributed by atoms with Crippen LogP contribution in [0.5, 0.6) is 0 Å². The van der Waals surface area contributed by atoms with Crippen LogP contribution in [0.15, 0.2) is 0 Å². The molecule has 6 N–H and O–H groups in total. The second-order valence-electron chi connectivity index (χ2n) is 2.89. The summed E-state index contributed by atoms with van der Waals surface area (Å²) in [5, 5.41) is 18.3. The van der Waals surface area contributed by atoms with Crippen LogP contribution in [0.3, 0.4) is 0 Å². The van der Waals surface area contributed by atoms with Crippen molar-refractivity contribution in [3.05, 3.63) is 0 Å². The predicted molar refractivity (Wildman–Crippen MR) is 37.2 cm³/mol. The number of rotatable bonds is 0. The highest BCUT2D eigenvalue weighted by atomic mass is 16.3. The van der Waals surface area contributed by atoms with E-state index in [0.717, 1.165) is 0 Å². The van der Waals surface area contributed by atoms with Crippen LogP contribution in [-0.4, -0.2) is 34.5 Å². The average molecular weight is 146 g/mol. The molecule has 0 heterocycles. The van der Waals surface area contributed by atoms with Gasteiger partial charge in [-0.25, -0.2) is 0 Å². The van der Waals surface area contributed by atoms with Crippen molar-refractivity contribution in [3.63, 3.8) is 0 Å². The summed E-state index contributed by atoms with van der Waals surface area (Å²) in [6, 6.07) is -0.621. The minimum Gasteiger partial charge on any atom is -0.389 e. The van der Waals surface area contributed by atoms with Gasteiger partial charge in [-0.2, -0.15) is 0 Å². The molecular weight excluding hydrogens is 132 g/mol. The summed E-state index contributed by atoms with van der Waals surface area (Å²) in [6.07, 6.45) is -0.300. The minimum absolute atomic E-state index is 0.310. The molecule has 0 saturated heterocycles. The molecule has 1 aliphatic rings. The van der Waals surface area contributed by atoms with Gasteiger partial charge in [0.15, 0.2) is 0 Å². The first-order chi connectivity index (χ1) is 4.63. The topological polar surface area (TPSA) is 92.5 Å². The molecule has 0 unspecified atom stereocenters. The van der Waals surface area contributed by atoms with Gasteiger partial charge in [-0.1, -0.05) is 0 Å². The molecule has 10 heavy (non-hydrogen) atoms. The molecule has 0 aromatic heterocycles. The number of hydrogen-bond donors (Lipinski definition) is 4. The second-order valence-corrected chi connectivity index (χ2v) is 2.89. The fourth-order valence-corrected chi connectivity index (χ4v) is 1.23. The smallest absolute Gasteiger partial charge is 0.0964 e. The average Bonchev–Trinajstić information content (AvgIpc) is 1.93. The molecule has 0 amide bonds. The van der Waals surface area contributed by atoms with E-state index >= 15 is 0 Å². The van der Waals surface area contributed by atoms with E-state index in [-0.39, 0.29) is 12.1 Å². The van der Waals surface area contributed by atoms with Crippen LogP contribution < -0.4 is 11.5 Å². The Bertz CT molecular complexity index is 106. The molecule has 0 spiro atoms. The lowest BCUT2D eigenvalue weighted by Gasteiger charge is -2.33. The summed E-state index contributed by atoms with van der Waals surface area (Å²) in [5.74, 6) is 0. The Labute approximate surface area is 59.8 Å². The summed E-state index contributed by atoms with van der Waals surface area (Å²) < 4.78 is 0. The van der Waals surface area contributed by atoms with Crippen molar-refractivity contribution in [2.45, 2.75) is 37.1 Å². The first kappa shape index (κ1) is 7.94. The van der Waals surface area contributed by atoms with Crippen molar-refractivity contribution in [1.82, 2.24) is 0 Å². The molecule has 0 aromatic rings. The Balaban J connectivity index is 2.52. The Hall–Kier alpha value is -0.160. The largest absolute Gasteiger partial charge is 0.389 e. The van der Waals surface area contributed by atoms with E-state index in [1.54, 1.807) is 0 Å². The van der Waals surface area contributed by atoms with Crippen LogP contribution in [-0.2, 0) is 0 Å². The standard InChI is InChI=1S/C6H14N2O2/c7-3-1-2-4(8)6(10)5(3)9/h3-6,9-10H,1-2,7-8H2/t3-,4+,5+,6-. The molecule has 60 valence electrons. The van der Waals surface area contributed by atoms with E-state index in [1.165, 1.54) is 0 Å². The zero-order chi connectivity index (χ0) is 7.72. The molecule has 4 heteroatoms. The van der Waals surface area contributed by atoms with Crippen molar-refractivity contribution >= 4 is 0 Å². The fraction of sp³-hybridized carbons (Fsp3) is 1.00. The van der Waals surface area contributed by atoms with Gasteiger partial charge in [-0.15, -0.1) is 0 Å². The molecule has 1 saturated carbocycles. The van der Waals surface area contributed by atoms with Gasteiger partial charge >= 0.3 is 0 Å². The highest BCUT2D eigenvalue weighted by Crippen LogP contribution is 2.16. The van der Waals surface area contributed by atoms with Crippen molar-refractivity contribution < 1.29 is 10.2 Å². The van der Waals surface area contributed by atoms with Gasteiger partial charge < -0.3 is 21.7 Å². The van der Waals surface area contributed by atoms with Crippen molar-refractivity contribution in [3.8, 4) is 0 Å². The molecule has 4 atom stereocenters. The first-order valence-corrected chi connectivity index (χ1v) is 3.50. The highest BCUT2D eigenvalue weighted by molar-refractivity contribution is 4.91. The summed E-state index contributed by atoms with van der Waals surface area (Å²) in [5.41, 5.74) is 10.9. The van der Waals surface area contributed by atoms with Crippen molar-refractivity contribution in [2.75, 3.05) is 0 Å². The Morgan fingerprint density at radius 1 is 0.900 bits per heavy atom. The number of aliphatic hydroxyl groups is 2. The van der Waals surface area contributed by atoms with Gasteiger partial charge in [0.2, 0.25) is 0 Å². The van der Waals surface area contributed by atoms with Crippen LogP contribution >= 0.6 is 0 Å². The lowest BCUT2D eigenvalue weighted by molar-refractivity contribution is -0.0319. The summed E-state index contributed by atoms with van der Waals surface area (Å²) in [7, 11) is 0. The normalized spacial score (nSPS) is 49.2. The van der Waals surface area contributed by atoms with Crippen LogP contribution in [0.25, 0.3) is 0 Å². The SMILES string of the molecule is N[C@@H]1CC[C@H](N)[C@@H](O)[C@H]1O. The Kier molecular flexibility index (Phi) is 2.25. The number of nitrogens with two attached hydrogens (primary N) is 2. The number of aliphatic hydroxyl groups excluding tert-OH is 2. The van der Waals surface area contributed by atoms with Crippen molar-refractivity contribution in [1.29, 1.82) is 0 Å². The van der Waals surface area contributed by atoms with Crippen LogP contribution in [0.1, 0.15) is 12.8 Å². The van der Waals surface area contributed by atoms with E-state index in [4.69, 9.17) is 21.7 Å². The second kappa shape index (κ2) is 2.84. The van der Waals surface area contributed by atoms with Gasteiger partial charge in [0, 0.05) is 12.1 Å². The van der Waals surface area contributed by atoms with E-state index in [0.29, 0.717) is 12.8 Å². The van der Waals surface area contributed by atoms with Gasteiger partial charge in [0.25, 0.3) is 0 Å².